The van der Waals surface area contributed by atoms with Gasteiger partial charge in [-0.25, -0.2) is 0 Å². The molecule has 0 radical (unpaired) electrons. The SMILES string of the molecule is CCOc1ccccc1C(=O)NCc1ccc(C(=O)N(C)C)cc1. The van der Waals surface area contributed by atoms with Crippen molar-refractivity contribution in [2.24, 2.45) is 0 Å². The first kappa shape index (κ1) is 17.5. The van der Waals surface area contributed by atoms with Crippen LogP contribution in [0, 0.1) is 0 Å². The lowest BCUT2D eigenvalue weighted by Gasteiger charge is -2.12. The van der Waals surface area contributed by atoms with E-state index < -0.39 is 0 Å². The lowest BCUT2D eigenvalue weighted by atomic mass is 10.1. The number of hydrogen-bond donors (Lipinski definition) is 1. The van der Waals surface area contributed by atoms with Crippen LogP contribution in [0.15, 0.2) is 48.5 Å². The van der Waals surface area contributed by atoms with Gasteiger partial charge in [-0.1, -0.05) is 24.3 Å². The second-order valence-electron chi connectivity index (χ2n) is 5.51. The second-order valence-corrected chi connectivity index (χ2v) is 5.51. The maximum atomic E-state index is 12.3. The largest absolute Gasteiger partial charge is 0.493 e. The third-order valence-electron chi connectivity index (χ3n) is 3.49. The van der Waals surface area contributed by atoms with Gasteiger partial charge in [-0.05, 0) is 36.8 Å². The fourth-order valence-corrected chi connectivity index (χ4v) is 2.24. The van der Waals surface area contributed by atoms with Gasteiger partial charge >= 0.3 is 0 Å². The molecule has 0 aliphatic heterocycles. The highest BCUT2D eigenvalue weighted by Gasteiger charge is 2.12. The fourth-order valence-electron chi connectivity index (χ4n) is 2.24. The Hall–Kier alpha value is -2.82. The van der Waals surface area contributed by atoms with Gasteiger partial charge < -0.3 is 15.0 Å². The first-order valence-corrected chi connectivity index (χ1v) is 7.83. The Balaban J connectivity index is 2.01. The summed E-state index contributed by atoms with van der Waals surface area (Å²) in [6.07, 6.45) is 0. The summed E-state index contributed by atoms with van der Waals surface area (Å²) in [5.41, 5.74) is 2.06. The van der Waals surface area contributed by atoms with Crippen LogP contribution in [0.5, 0.6) is 5.75 Å². The van der Waals surface area contributed by atoms with E-state index in [2.05, 4.69) is 5.32 Å². The van der Waals surface area contributed by atoms with Crippen molar-refractivity contribution in [2.75, 3.05) is 20.7 Å². The van der Waals surface area contributed by atoms with Crippen molar-refractivity contribution in [2.45, 2.75) is 13.5 Å². The number of ether oxygens (including phenoxy) is 1. The third kappa shape index (κ3) is 4.35. The van der Waals surface area contributed by atoms with E-state index in [0.717, 1.165) is 5.56 Å². The normalized spacial score (nSPS) is 10.1. The molecule has 126 valence electrons. The number of nitrogens with one attached hydrogen (secondary N) is 1. The number of rotatable bonds is 6. The quantitative estimate of drug-likeness (QED) is 0.888. The van der Waals surface area contributed by atoms with Gasteiger partial charge in [-0.15, -0.1) is 0 Å². The van der Waals surface area contributed by atoms with E-state index >= 15 is 0 Å². The predicted molar refractivity (Wildman–Crippen MR) is 93.2 cm³/mol. The Kier molecular flexibility index (Phi) is 5.95. The zero-order valence-corrected chi connectivity index (χ0v) is 14.2. The van der Waals surface area contributed by atoms with E-state index in [-0.39, 0.29) is 11.8 Å². The summed E-state index contributed by atoms with van der Waals surface area (Å²) < 4.78 is 5.47. The molecule has 2 aromatic rings. The van der Waals surface area contributed by atoms with Crippen LogP contribution >= 0.6 is 0 Å². The first-order chi connectivity index (χ1) is 11.5. The van der Waals surface area contributed by atoms with Crippen molar-refractivity contribution in [1.29, 1.82) is 0 Å². The number of amides is 2. The van der Waals surface area contributed by atoms with Crippen LogP contribution < -0.4 is 10.1 Å². The summed E-state index contributed by atoms with van der Waals surface area (Å²) in [4.78, 5) is 25.7. The number of para-hydroxylation sites is 1. The molecule has 1 N–H and O–H groups in total. The smallest absolute Gasteiger partial charge is 0.255 e. The van der Waals surface area contributed by atoms with Crippen molar-refractivity contribution in [3.63, 3.8) is 0 Å². The minimum Gasteiger partial charge on any atom is -0.493 e. The maximum Gasteiger partial charge on any atom is 0.255 e. The van der Waals surface area contributed by atoms with Gasteiger partial charge in [0, 0.05) is 26.2 Å². The summed E-state index contributed by atoms with van der Waals surface area (Å²) in [5.74, 6) is 0.341. The molecule has 0 heterocycles. The van der Waals surface area contributed by atoms with Crippen molar-refractivity contribution >= 4 is 11.8 Å². The topological polar surface area (TPSA) is 58.6 Å². The van der Waals surface area contributed by atoms with Crippen LogP contribution in [0.2, 0.25) is 0 Å². The van der Waals surface area contributed by atoms with Crippen LogP contribution in [-0.2, 0) is 6.54 Å². The number of carbonyl (C=O) groups is 2. The molecule has 0 aliphatic rings. The van der Waals surface area contributed by atoms with E-state index in [0.29, 0.717) is 30.0 Å². The summed E-state index contributed by atoms with van der Waals surface area (Å²) in [5, 5.41) is 2.87. The van der Waals surface area contributed by atoms with Crippen LogP contribution in [-0.4, -0.2) is 37.4 Å². The van der Waals surface area contributed by atoms with Gasteiger partial charge in [0.1, 0.15) is 5.75 Å². The van der Waals surface area contributed by atoms with Crippen molar-refractivity contribution < 1.29 is 14.3 Å². The molecule has 0 saturated heterocycles. The molecule has 0 bridgehead atoms. The molecule has 0 fully saturated rings. The van der Waals surface area contributed by atoms with Crippen LogP contribution in [0.3, 0.4) is 0 Å². The monoisotopic (exact) mass is 326 g/mol. The van der Waals surface area contributed by atoms with E-state index in [1.165, 1.54) is 4.90 Å². The molecule has 0 aromatic heterocycles. The molecule has 5 heteroatoms. The maximum absolute atomic E-state index is 12.3. The molecule has 0 atom stereocenters. The lowest BCUT2D eigenvalue weighted by Crippen LogP contribution is -2.24. The molecule has 2 aromatic carbocycles. The van der Waals surface area contributed by atoms with Crippen LogP contribution in [0.4, 0.5) is 0 Å². The Labute approximate surface area is 142 Å². The Morgan fingerprint density at radius 3 is 2.33 bits per heavy atom. The molecule has 0 unspecified atom stereocenters. The summed E-state index contributed by atoms with van der Waals surface area (Å²) in [6, 6.07) is 14.4. The summed E-state index contributed by atoms with van der Waals surface area (Å²) >= 11 is 0. The van der Waals surface area contributed by atoms with Crippen molar-refractivity contribution in [1.82, 2.24) is 10.2 Å². The Bertz CT molecular complexity index is 709. The molecule has 2 amide bonds. The van der Waals surface area contributed by atoms with E-state index in [9.17, 15) is 9.59 Å². The van der Waals surface area contributed by atoms with Gasteiger partial charge in [0.15, 0.2) is 0 Å². The second kappa shape index (κ2) is 8.15. The van der Waals surface area contributed by atoms with Gasteiger partial charge in [-0.3, -0.25) is 9.59 Å². The highest BCUT2D eigenvalue weighted by atomic mass is 16.5. The molecular formula is C19H22N2O3. The number of carbonyl (C=O) groups excluding carboxylic acids is 2. The van der Waals surface area contributed by atoms with Crippen molar-refractivity contribution in [3.8, 4) is 5.75 Å². The number of hydrogen-bond acceptors (Lipinski definition) is 3. The molecule has 5 nitrogen and oxygen atoms in total. The third-order valence-corrected chi connectivity index (χ3v) is 3.49. The molecule has 0 saturated carbocycles. The first-order valence-electron chi connectivity index (χ1n) is 7.83. The Morgan fingerprint density at radius 2 is 1.71 bits per heavy atom. The lowest BCUT2D eigenvalue weighted by molar-refractivity contribution is 0.0827. The highest BCUT2D eigenvalue weighted by Crippen LogP contribution is 2.18. The summed E-state index contributed by atoms with van der Waals surface area (Å²) in [7, 11) is 3.43. The van der Waals surface area contributed by atoms with Gasteiger partial charge in [0.25, 0.3) is 11.8 Å². The van der Waals surface area contributed by atoms with Crippen LogP contribution in [0.1, 0.15) is 33.2 Å². The van der Waals surface area contributed by atoms with Crippen LogP contribution in [0.25, 0.3) is 0 Å². The predicted octanol–water partition coefficient (Wildman–Crippen LogP) is 2.72. The number of nitrogens with zero attached hydrogens (tertiary/aromatic N) is 1. The molecule has 0 aliphatic carbocycles. The van der Waals surface area contributed by atoms with Gasteiger partial charge in [0.2, 0.25) is 0 Å². The average molecular weight is 326 g/mol. The van der Waals surface area contributed by atoms with Gasteiger partial charge in [-0.2, -0.15) is 0 Å². The van der Waals surface area contributed by atoms with Gasteiger partial charge in [0.05, 0.1) is 12.2 Å². The standard InChI is InChI=1S/C19H22N2O3/c1-4-24-17-8-6-5-7-16(17)18(22)20-13-14-9-11-15(12-10-14)19(23)21(2)3/h5-12H,4,13H2,1-3H3,(H,20,22). The highest BCUT2D eigenvalue weighted by molar-refractivity contribution is 5.97. The molecule has 0 spiro atoms. The molecule has 2 rings (SSSR count). The fraction of sp³-hybridized carbons (Fsp3) is 0.263. The average Bonchev–Trinajstić information content (AvgIpc) is 2.60. The van der Waals surface area contributed by atoms with E-state index in [4.69, 9.17) is 4.74 Å². The zero-order chi connectivity index (χ0) is 17.5. The minimum absolute atomic E-state index is 0.0452. The van der Waals surface area contributed by atoms with E-state index in [1.54, 1.807) is 44.4 Å². The number of benzene rings is 2. The minimum atomic E-state index is -0.188. The van der Waals surface area contributed by atoms with Crippen molar-refractivity contribution in [3.05, 3.63) is 65.2 Å². The molecular weight excluding hydrogens is 304 g/mol. The zero-order valence-electron chi connectivity index (χ0n) is 14.2. The molecule has 24 heavy (non-hydrogen) atoms. The van der Waals surface area contributed by atoms with E-state index in [1.807, 2.05) is 25.1 Å². The summed E-state index contributed by atoms with van der Waals surface area (Å²) in [6.45, 7) is 2.77. The Morgan fingerprint density at radius 1 is 1.04 bits per heavy atom.